The monoisotopic (exact) mass is 224 g/mol. The summed E-state index contributed by atoms with van der Waals surface area (Å²) in [5, 5.41) is 4.64. The zero-order valence-electron chi connectivity index (χ0n) is 9.79. The Balaban J connectivity index is 2.18. The van der Waals surface area contributed by atoms with Crippen molar-refractivity contribution in [3.05, 3.63) is 24.4 Å². The van der Waals surface area contributed by atoms with Gasteiger partial charge in [0.2, 0.25) is 0 Å². The molecule has 0 unspecified atom stereocenters. The van der Waals surface area contributed by atoms with E-state index in [9.17, 15) is 0 Å². The number of rotatable bonds is 6. The first-order chi connectivity index (χ1) is 7.14. The predicted octanol–water partition coefficient (Wildman–Crippen LogP) is 2.95. The van der Waals surface area contributed by atoms with Crippen LogP contribution in [0.4, 0.5) is 0 Å². The molecular formula is C12H20N2S. The summed E-state index contributed by atoms with van der Waals surface area (Å²) in [5.74, 6) is 1.07. The van der Waals surface area contributed by atoms with E-state index in [0.717, 1.165) is 23.7 Å². The number of hydrogen-bond donors (Lipinski definition) is 1. The Morgan fingerprint density at radius 3 is 2.80 bits per heavy atom. The van der Waals surface area contributed by atoms with Gasteiger partial charge in [0, 0.05) is 24.0 Å². The van der Waals surface area contributed by atoms with E-state index in [4.69, 9.17) is 0 Å². The number of nitrogens with zero attached hydrogens (tertiary/aromatic N) is 1. The van der Waals surface area contributed by atoms with Crippen molar-refractivity contribution < 1.29 is 0 Å². The lowest BCUT2D eigenvalue weighted by atomic mass is 10.0. The van der Waals surface area contributed by atoms with E-state index in [-0.39, 0.29) is 5.54 Å². The van der Waals surface area contributed by atoms with Crippen LogP contribution >= 0.6 is 11.8 Å². The summed E-state index contributed by atoms with van der Waals surface area (Å²) in [6.45, 7) is 7.71. The third kappa shape index (κ3) is 5.19. The van der Waals surface area contributed by atoms with Crippen molar-refractivity contribution in [2.45, 2.75) is 37.8 Å². The normalized spacial score (nSPS) is 11.7. The van der Waals surface area contributed by atoms with Crippen LogP contribution in [0.25, 0.3) is 0 Å². The van der Waals surface area contributed by atoms with Crippen LogP contribution in [-0.4, -0.2) is 22.8 Å². The maximum atomic E-state index is 4.27. The summed E-state index contributed by atoms with van der Waals surface area (Å²) >= 11 is 1.80. The summed E-state index contributed by atoms with van der Waals surface area (Å²) < 4.78 is 0. The molecule has 0 aromatic carbocycles. The molecular weight excluding hydrogens is 204 g/mol. The van der Waals surface area contributed by atoms with Crippen LogP contribution in [0, 0.1) is 0 Å². The van der Waals surface area contributed by atoms with Crippen molar-refractivity contribution in [1.82, 2.24) is 10.3 Å². The van der Waals surface area contributed by atoms with Crippen LogP contribution in [0.3, 0.4) is 0 Å². The molecule has 84 valence electrons. The van der Waals surface area contributed by atoms with E-state index >= 15 is 0 Å². The summed E-state index contributed by atoms with van der Waals surface area (Å²) in [6, 6.07) is 6.02. The van der Waals surface area contributed by atoms with Crippen LogP contribution in [-0.2, 0) is 0 Å². The Bertz CT molecular complexity index is 272. The topological polar surface area (TPSA) is 24.9 Å². The standard InChI is InChI=1S/C12H20N2S/c1-4-12(2,3)14-9-10-15-11-7-5-6-8-13-11/h5-8,14H,4,9-10H2,1-3H3. The second kappa shape index (κ2) is 6.13. The van der Waals surface area contributed by atoms with E-state index in [1.165, 1.54) is 0 Å². The van der Waals surface area contributed by atoms with Gasteiger partial charge in [-0.1, -0.05) is 13.0 Å². The number of nitrogens with one attached hydrogen (secondary N) is 1. The minimum Gasteiger partial charge on any atom is -0.311 e. The molecule has 0 aliphatic carbocycles. The largest absolute Gasteiger partial charge is 0.311 e. The number of thioether (sulfide) groups is 1. The Labute approximate surface area is 96.9 Å². The van der Waals surface area contributed by atoms with Gasteiger partial charge in [-0.3, -0.25) is 0 Å². The fourth-order valence-corrected chi connectivity index (χ4v) is 1.83. The SMILES string of the molecule is CCC(C)(C)NCCSc1ccccn1. The Kier molecular flexibility index (Phi) is 5.12. The molecule has 1 N–H and O–H groups in total. The lowest BCUT2D eigenvalue weighted by Gasteiger charge is -2.24. The molecule has 1 heterocycles. The molecule has 2 nitrogen and oxygen atoms in total. The van der Waals surface area contributed by atoms with Crippen LogP contribution in [0.5, 0.6) is 0 Å². The molecule has 0 bridgehead atoms. The van der Waals surface area contributed by atoms with Crippen LogP contribution in [0.2, 0.25) is 0 Å². The quantitative estimate of drug-likeness (QED) is 0.594. The van der Waals surface area contributed by atoms with Crippen molar-refractivity contribution in [3.63, 3.8) is 0 Å². The Morgan fingerprint density at radius 1 is 1.40 bits per heavy atom. The van der Waals surface area contributed by atoms with Gasteiger partial charge in [0.15, 0.2) is 0 Å². The lowest BCUT2D eigenvalue weighted by molar-refractivity contribution is 0.388. The molecule has 0 amide bonds. The first kappa shape index (κ1) is 12.5. The lowest BCUT2D eigenvalue weighted by Crippen LogP contribution is -2.39. The van der Waals surface area contributed by atoms with E-state index in [2.05, 4.69) is 37.1 Å². The Morgan fingerprint density at radius 2 is 2.20 bits per heavy atom. The fourth-order valence-electron chi connectivity index (χ4n) is 1.10. The maximum absolute atomic E-state index is 4.27. The summed E-state index contributed by atoms with van der Waals surface area (Å²) in [4.78, 5) is 4.27. The van der Waals surface area contributed by atoms with Gasteiger partial charge in [0.25, 0.3) is 0 Å². The molecule has 0 fully saturated rings. The smallest absolute Gasteiger partial charge is 0.0960 e. The average molecular weight is 224 g/mol. The highest BCUT2D eigenvalue weighted by molar-refractivity contribution is 7.99. The van der Waals surface area contributed by atoms with E-state index in [1.54, 1.807) is 11.8 Å². The zero-order valence-corrected chi connectivity index (χ0v) is 10.6. The summed E-state index contributed by atoms with van der Waals surface area (Å²) in [6.07, 6.45) is 2.99. The van der Waals surface area contributed by atoms with Gasteiger partial charge >= 0.3 is 0 Å². The molecule has 15 heavy (non-hydrogen) atoms. The molecule has 0 saturated carbocycles. The third-order valence-corrected chi connectivity index (χ3v) is 3.42. The zero-order chi connectivity index (χ0) is 11.1. The molecule has 0 saturated heterocycles. The van der Waals surface area contributed by atoms with Crippen molar-refractivity contribution in [1.29, 1.82) is 0 Å². The first-order valence-electron chi connectivity index (χ1n) is 5.43. The van der Waals surface area contributed by atoms with E-state index < -0.39 is 0 Å². The van der Waals surface area contributed by atoms with Crippen LogP contribution < -0.4 is 5.32 Å². The van der Waals surface area contributed by atoms with Crippen LogP contribution in [0.15, 0.2) is 29.4 Å². The van der Waals surface area contributed by atoms with Crippen molar-refractivity contribution in [2.24, 2.45) is 0 Å². The molecule has 0 radical (unpaired) electrons. The molecule has 1 rings (SSSR count). The number of aromatic nitrogens is 1. The van der Waals surface area contributed by atoms with Crippen LogP contribution in [0.1, 0.15) is 27.2 Å². The van der Waals surface area contributed by atoms with Crippen molar-refractivity contribution in [3.8, 4) is 0 Å². The summed E-state index contributed by atoms with van der Waals surface area (Å²) in [5.41, 5.74) is 0.255. The molecule has 0 aliphatic rings. The minimum atomic E-state index is 0.255. The van der Waals surface area contributed by atoms with Gasteiger partial charge in [0.1, 0.15) is 0 Å². The highest BCUT2D eigenvalue weighted by Gasteiger charge is 2.12. The average Bonchev–Trinajstić information content (AvgIpc) is 2.26. The van der Waals surface area contributed by atoms with Crippen molar-refractivity contribution in [2.75, 3.05) is 12.3 Å². The molecule has 0 aliphatic heterocycles. The molecule has 3 heteroatoms. The molecule has 0 atom stereocenters. The molecule has 0 spiro atoms. The summed E-state index contributed by atoms with van der Waals surface area (Å²) in [7, 11) is 0. The highest BCUT2D eigenvalue weighted by atomic mass is 32.2. The Hall–Kier alpha value is -0.540. The predicted molar refractivity (Wildman–Crippen MR) is 67.3 cm³/mol. The first-order valence-corrected chi connectivity index (χ1v) is 6.41. The number of pyridine rings is 1. The highest BCUT2D eigenvalue weighted by Crippen LogP contribution is 2.13. The van der Waals surface area contributed by atoms with Gasteiger partial charge in [-0.15, -0.1) is 11.8 Å². The van der Waals surface area contributed by atoms with Gasteiger partial charge in [-0.25, -0.2) is 4.98 Å². The fraction of sp³-hybridized carbons (Fsp3) is 0.583. The minimum absolute atomic E-state index is 0.255. The van der Waals surface area contributed by atoms with Gasteiger partial charge in [0.05, 0.1) is 5.03 Å². The van der Waals surface area contributed by atoms with Gasteiger partial charge < -0.3 is 5.32 Å². The van der Waals surface area contributed by atoms with E-state index in [1.807, 2.05) is 18.3 Å². The van der Waals surface area contributed by atoms with E-state index in [0.29, 0.717) is 0 Å². The van der Waals surface area contributed by atoms with Gasteiger partial charge in [-0.05, 0) is 32.4 Å². The maximum Gasteiger partial charge on any atom is 0.0960 e. The molecule has 1 aromatic rings. The number of hydrogen-bond acceptors (Lipinski definition) is 3. The van der Waals surface area contributed by atoms with Gasteiger partial charge in [-0.2, -0.15) is 0 Å². The molecule has 1 aromatic heterocycles. The third-order valence-electron chi connectivity index (χ3n) is 2.48. The van der Waals surface area contributed by atoms with Crippen molar-refractivity contribution >= 4 is 11.8 Å². The second-order valence-electron chi connectivity index (χ2n) is 4.18. The second-order valence-corrected chi connectivity index (χ2v) is 5.30.